The molecule has 1 fully saturated rings. The molecule has 2 aromatic heterocycles. The standard InChI is InChI=1S/C21H21ClF2N6O2/c1-12(19(23)24)17-10-32-21(31)30(17)18-7-8-25-20(28-18)27-13(2)16-9-29(11-26-16)15-5-3-14(22)4-6-15/h3-9,11-13,17,19H,10H2,1-2H3,(H,25,27,28)/t12-,13+,17-/m1/s1. The first-order valence-electron chi connectivity index (χ1n) is 9.97. The first-order chi connectivity index (χ1) is 15.3. The van der Waals surface area contributed by atoms with Crippen LogP contribution in [0.4, 0.5) is 25.3 Å². The maximum Gasteiger partial charge on any atom is 0.415 e. The fraction of sp³-hybridized carbons (Fsp3) is 0.333. The van der Waals surface area contributed by atoms with Crippen LogP contribution in [0.25, 0.3) is 5.69 Å². The smallest absolute Gasteiger partial charge is 0.415 e. The first kappa shape index (κ1) is 21.9. The number of nitrogens with zero attached hydrogens (tertiary/aromatic N) is 5. The number of rotatable bonds is 7. The quantitative estimate of drug-likeness (QED) is 0.547. The van der Waals surface area contributed by atoms with E-state index in [1.165, 1.54) is 19.2 Å². The van der Waals surface area contributed by atoms with E-state index in [9.17, 15) is 13.6 Å². The molecule has 4 rings (SSSR count). The Kier molecular flexibility index (Phi) is 6.22. The predicted octanol–water partition coefficient (Wildman–Crippen LogP) is 4.72. The number of aromatic nitrogens is 4. The predicted molar refractivity (Wildman–Crippen MR) is 115 cm³/mol. The van der Waals surface area contributed by atoms with Gasteiger partial charge in [0.1, 0.15) is 12.4 Å². The number of anilines is 2. The Morgan fingerprint density at radius 2 is 1.94 bits per heavy atom. The minimum absolute atomic E-state index is 0.115. The summed E-state index contributed by atoms with van der Waals surface area (Å²) in [6, 6.07) is 7.77. The van der Waals surface area contributed by atoms with Crippen LogP contribution in [0.1, 0.15) is 25.6 Å². The van der Waals surface area contributed by atoms with Crippen LogP contribution in [-0.2, 0) is 4.74 Å². The first-order valence-corrected chi connectivity index (χ1v) is 10.3. The topological polar surface area (TPSA) is 85.2 Å². The van der Waals surface area contributed by atoms with Gasteiger partial charge in [-0.2, -0.15) is 4.98 Å². The maximum absolute atomic E-state index is 13.2. The van der Waals surface area contributed by atoms with E-state index in [2.05, 4.69) is 20.3 Å². The van der Waals surface area contributed by atoms with Crippen molar-refractivity contribution in [1.82, 2.24) is 19.5 Å². The molecule has 0 saturated carbocycles. The average molecular weight is 463 g/mol. The summed E-state index contributed by atoms with van der Waals surface area (Å²) in [4.78, 5) is 26.3. The Hall–Kier alpha value is -3.27. The van der Waals surface area contributed by atoms with Crippen molar-refractivity contribution in [3.8, 4) is 5.69 Å². The summed E-state index contributed by atoms with van der Waals surface area (Å²) in [7, 11) is 0. The highest BCUT2D eigenvalue weighted by Gasteiger charge is 2.41. The van der Waals surface area contributed by atoms with Crippen molar-refractivity contribution in [2.45, 2.75) is 32.4 Å². The van der Waals surface area contributed by atoms with Gasteiger partial charge in [-0.15, -0.1) is 0 Å². The number of carbonyl (C=O) groups excluding carboxylic acids is 1. The Morgan fingerprint density at radius 3 is 2.66 bits per heavy atom. The van der Waals surface area contributed by atoms with Crippen LogP contribution in [0.15, 0.2) is 49.1 Å². The maximum atomic E-state index is 13.2. The third-order valence-corrected chi connectivity index (χ3v) is 5.57. The molecule has 32 heavy (non-hydrogen) atoms. The van der Waals surface area contributed by atoms with E-state index in [4.69, 9.17) is 16.3 Å². The number of carbonyl (C=O) groups is 1. The number of hydrogen-bond donors (Lipinski definition) is 1. The van der Waals surface area contributed by atoms with Crippen LogP contribution in [0.5, 0.6) is 0 Å². The molecule has 8 nitrogen and oxygen atoms in total. The number of amides is 1. The van der Waals surface area contributed by atoms with Crippen LogP contribution < -0.4 is 10.2 Å². The van der Waals surface area contributed by atoms with Crippen molar-refractivity contribution in [2.24, 2.45) is 5.92 Å². The zero-order valence-corrected chi connectivity index (χ0v) is 18.1. The molecule has 3 atom stereocenters. The van der Waals surface area contributed by atoms with E-state index in [0.717, 1.165) is 16.3 Å². The Morgan fingerprint density at radius 1 is 1.19 bits per heavy atom. The minimum Gasteiger partial charge on any atom is -0.447 e. The minimum atomic E-state index is -2.59. The van der Waals surface area contributed by atoms with Gasteiger partial charge in [0.25, 0.3) is 0 Å². The number of imidazole rings is 1. The monoisotopic (exact) mass is 462 g/mol. The van der Waals surface area contributed by atoms with Gasteiger partial charge < -0.3 is 14.6 Å². The molecule has 3 heterocycles. The van der Waals surface area contributed by atoms with Gasteiger partial charge in [0.2, 0.25) is 12.4 Å². The molecule has 1 aliphatic rings. The second-order valence-corrected chi connectivity index (χ2v) is 7.93. The van der Waals surface area contributed by atoms with Crippen molar-refractivity contribution in [1.29, 1.82) is 0 Å². The fourth-order valence-electron chi connectivity index (χ4n) is 3.39. The van der Waals surface area contributed by atoms with Gasteiger partial charge in [0.05, 0.1) is 24.1 Å². The molecular formula is C21H21ClF2N6O2. The van der Waals surface area contributed by atoms with Crippen LogP contribution in [0, 0.1) is 5.92 Å². The van der Waals surface area contributed by atoms with Gasteiger partial charge in [-0.25, -0.2) is 23.5 Å². The van der Waals surface area contributed by atoms with E-state index >= 15 is 0 Å². The van der Waals surface area contributed by atoms with Gasteiger partial charge >= 0.3 is 6.09 Å². The molecule has 1 aliphatic heterocycles. The summed E-state index contributed by atoms with van der Waals surface area (Å²) < 4.78 is 33.3. The average Bonchev–Trinajstić information content (AvgIpc) is 3.41. The van der Waals surface area contributed by atoms with Gasteiger partial charge in [0.15, 0.2) is 0 Å². The van der Waals surface area contributed by atoms with Gasteiger partial charge in [-0.3, -0.25) is 4.90 Å². The third kappa shape index (κ3) is 4.50. The largest absolute Gasteiger partial charge is 0.447 e. The van der Waals surface area contributed by atoms with E-state index in [-0.39, 0.29) is 24.4 Å². The second-order valence-electron chi connectivity index (χ2n) is 7.49. The highest BCUT2D eigenvalue weighted by atomic mass is 35.5. The third-order valence-electron chi connectivity index (χ3n) is 5.31. The van der Waals surface area contributed by atoms with Gasteiger partial charge in [-0.1, -0.05) is 18.5 Å². The Balaban J connectivity index is 1.50. The SMILES string of the molecule is C[C@H](Nc1nccc(N2C(=O)OC[C@@H]2[C@@H](C)C(F)F)n1)c1cn(-c2ccc(Cl)cc2)cn1. The molecule has 1 N–H and O–H groups in total. The molecule has 0 radical (unpaired) electrons. The Labute approximate surface area is 188 Å². The molecule has 3 aromatic rings. The zero-order chi connectivity index (χ0) is 22.8. The van der Waals surface area contributed by atoms with Crippen LogP contribution in [0.3, 0.4) is 0 Å². The molecule has 168 valence electrons. The van der Waals surface area contributed by atoms with Crippen LogP contribution >= 0.6 is 11.6 Å². The molecule has 1 saturated heterocycles. The lowest BCUT2D eigenvalue weighted by molar-refractivity contribution is 0.0685. The van der Waals surface area contributed by atoms with Crippen molar-refractivity contribution in [3.05, 3.63) is 59.8 Å². The normalized spacial score (nSPS) is 18.0. The highest BCUT2D eigenvalue weighted by Crippen LogP contribution is 2.29. The lowest BCUT2D eigenvalue weighted by Crippen LogP contribution is -2.41. The van der Waals surface area contributed by atoms with Gasteiger partial charge in [-0.05, 0) is 37.3 Å². The van der Waals surface area contributed by atoms with Crippen LogP contribution in [0.2, 0.25) is 5.02 Å². The van der Waals surface area contributed by atoms with E-state index in [1.54, 1.807) is 18.5 Å². The summed E-state index contributed by atoms with van der Waals surface area (Å²) >= 11 is 5.94. The summed E-state index contributed by atoms with van der Waals surface area (Å²) in [5.41, 5.74) is 1.64. The molecule has 0 bridgehead atoms. The molecule has 0 unspecified atom stereocenters. The zero-order valence-electron chi connectivity index (χ0n) is 17.3. The summed E-state index contributed by atoms with van der Waals surface area (Å²) in [6.45, 7) is 3.15. The molecule has 11 heteroatoms. The summed E-state index contributed by atoms with van der Waals surface area (Å²) in [5.74, 6) is -0.635. The number of nitrogens with one attached hydrogen (secondary N) is 1. The summed E-state index contributed by atoms with van der Waals surface area (Å²) in [6.07, 6.45) is 1.71. The number of ether oxygens (including phenoxy) is 1. The fourth-order valence-corrected chi connectivity index (χ4v) is 3.52. The Bertz CT molecular complexity index is 1090. The van der Waals surface area contributed by atoms with E-state index < -0.39 is 24.5 Å². The molecular weight excluding hydrogens is 442 g/mol. The number of alkyl halides is 2. The van der Waals surface area contributed by atoms with Crippen molar-refractivity contribution in [2.75, 3.05) is 16.8 Å². The van der Waals surface area contributed by atoms with Gasteiger partial charge in [0, 0.05) is 29.0 Å². The molecule has 0 aliphatic carbocycles. The molecule has 1 aromatic carbocycles. The van der Waals surface area contributed by atoms with Crippen molar-refractivity contribution in [3.63, 3.8) is 0 Å². The van der Waals surface area contributed by atoms with Crippen molar-refractivity contribution < 1.29 is 18.3 Å². The highest BCUT2D eigenvalue weighted by molar-refractivity contribution is 6.30. The number of cyclic esters (lactones) is 1. The lowest BCUT2D eigenvalue weighted by atomic mass is 10.0. The number of hydrogen-bond acceptors (Lipinski definition) is 6. The molecule has 1 amide bonds. The van der Waals surface area contributed by atoms with E-state index in [0.29, 0.717) is 5.02 Å². The molecule has 0 spiro atoms. The number of halogens is 3. The number of benzene rings is 1. The lowest BCUT2D eigenvalue weighted by Gasteiger charge is -2.25. The van der Waals surface area contributed by atoms with E-state index in [1.807, 2.05) is 29.8 Å². The van der Waals surface area contributed by atoms with Crippen LogP contribution in [-0.4, -0.2) is 44.7 Å². The second kappa shape index (κ2) is 9.07. The summed E-state index contributed by atoms with van der Waals surface area (Å²) in [5, 5.41) is 3.78. The van der Waals surface area contributed by atoms with Crippen molar-refractivity contribution >= 4 is 29.5 Å².